The molecule has 0 radical (unpaired) electrons. The SMILES string of the molecule is Cc1cc(F)ccc1CC(=O)N1CCC2(CCC(=O)N(C3CC3)C2)CC1. The molecule has 5 heteroatoms. The maximum absolute atomic E-state index is 13.2. The minimum absolute atomic E-state index is 0.125. The maximum Gasteiger partial charge on any atom is 0.226 e. The number of carbonyl (C=O) groups excluding carboxylic acids is 2. The van der Waals surface area contributed by atoms with E-state index in [1.54, 1.807) is 6.07 Å². The van der Waals surface area contributed by atoms with Crippen LogP contribution in [0.5, 0.6) is 0 Å². The van der Waals surface area contributed by atoms with E-state index in [0.717, 1.165) is 62.9 Å². The van der Waals surface area contributed by atoms with E-state index in [2.05, 4.69) is 4.90 Å². The van der Waals surface area contributed by atoms with E-state index >= 15 is 0 Å². The van der Waals surface area contributed by atoms with Crippen molar-refractivity contribution in [2.75, 3.05) is 19.6 Å². The first-order valence-electron chi connectivity index (χ1n) is 9.78. The number of piperidine rings is 2. The second kappa shape index (κ2) is 6.67. The molecule has 140 valence electrons. The number of nitrogens with zero attached hydrogens (tertiary/aromatic N) is 2. The molecule has 0 unspecified atom stereocenters. The van der Waals surface area contributed by atoms with Crippen LogP contribution in [0.4, 0.5) is 4.39 Å². The summed E-state index contributed by atoms with van der Waals surface area (Å²) in [4.78, 5) is 28.9. The lowest BCUT2D eigenvalue weighted by Crippen LogP contribution is -2.53. The predicted molar refractivity (Wildman–Crippen MR) is 97.1 cm³/mol. The zero-order valence-electron chi connectivity index (χ0n) is 15.5. The minimum Gasteiger partial charge on any atom is -0.342 e. The number of halogens is 1. The smallest absolute Gasteiger partial charge is 0.226 e. The van der Waals surface area contributed by atoms with Crippen LogP contribution in [-0.4, -0.2) is 47.3 Å². The summed E-state index contributed by atoms with van der Waals surface area (Å²) in [7, 11) is 0. The Morgan fingerprint density at radius 2 is 1.96 bits per heavy atom. The third-order valence-corrected chi connectivity index (χ3v) is 6.51. The monoisotopic (exact) mass is 358 g/mol. The minimum atomic E-state index is -0.259. The molecule has 4 rings (SSSR count). The molecule has 3 fully saturated rings. The van der Waals surface area contributed by atoms with Crippen molar-refractivity contribution >= 4 is 11.8 Å². The fourth-order valence-electron chi connectivity index (χ4n) is 4.53. The lowest BCUT2D eigenvalue weighted by Gasteiger charge is -2.47. The largest absolute Gasteiger partial charge is 0.342 e. The Balaban J connectivity index is 1.35. The van der Waals surface area contributed by atoms with E-state index in [0.29, 0.717) is 24.8 Å². The summed E-state index contributed by atoms with van der Waals surface area (Å²) in [5, 5.41) is 0. The topological polar surface area (TPSA) is 40.6 Å². The second-order valence-electron chi connectivity index (χ2n) is 8.38. The fourth-order valence-corrected chi connectivity index (χ4v) is 4.53. The molecule has 0 N–H and O–H groups in total. The van der Waals surface area contributed by atoms with E-state index in [-0.39, 0.29) is 17.1 Å². The van der Waals surface area contributed by atoms with E-state index < -0.39 is 0 Å². The van der Waals surface area contributed by atoms with Crippen LogP contribution in [0, 0.1) is 18.2 Å². The molecule has 1 saturated carbocycles. The summed E-state index contributed by atoms with van der Waals surface area (Å²) in [5.74, 6) is 0.189. The molecule has 1 aliphatic carbocycles. The van der Waals surface area contributed by atoms with Crippen LogP contribution in [0.1, 0.15) is 49.7 Å². The highest BCUT2D eigenvalue weighted by atomic mass is 19.1. The van der Waals surface area contributed by atoms with Crippen molar-refractivity contribution < 1.29 is 14.0 Å². The van der Waals surface area contributed by atoms with Gasteiger partial charge in [-0.1, -0.05) is 6.07 Å². The van der Waals surface area contributed by atoms with Crippen molar-refractivity contribution in [2.45, 2.75) is 57.9 Å². The first-order valence-corrected chi connectivity index (χ1v) is 9.78. The Hall–Kier alpha value is -1.91. The Kier molecular flexibility index (Phi) is 4.49. The molecule has 1 aromatic rings. The number of likely N-dealkylation sites (tertiary alicyclic amines) is 2. The van der Waals surface area contributed by atoms with Crippen LogP contribution >= 0.6 is 0 Å². The highest BCUT2D eigenvalue weighted by molar-refractivity contribution is 5.79. The predicted octanol–water partition coefficient (Wildman–Crippen LogP) is 3.07. The molecule has 26 heavy (non-hydrogen) atoms. The van der Waals surface area contributed by atoms with Crippen LogP contribution in [0.25, 0.3) is 0 Å². The summed E-state index contributed by atoms with van der Waals surface area (Å²) in [6.07, 6.45) is 6.25. The van der Waals surface area contributed by atoms with Gasteiger partial charge in [0.15, 0.2) is 0 Å². The van der Waals surface area contributed by atoms with Gasteiger partial charge >= 0.3 is 0 Å². The van der Waals surface area contributed by atoms with Crippen molar-refractivity contribution in [3.05, 3.63) is 35.1 Å². The van der Waals surface area contributed by atoms with Gasteiger partial charge in [0.25, 0.3) is 0 Å². The molecule has 0 atom stereocenters. The van der Waals surface area contributed by atoms with E-state index in [1.807, 2.05) is 11.8 Å². The zero-order valence-corrected chi connectivity index (χ0v) is 15.5. The number of benzene rings is 1. The second-order valence-corrected chi connectivity index (χ2v) is 8.38. The quantitative estimate of drug-likeness (QED) is 0.833. The zero-order chi connectivity index (χ0) is 18.3. The summed E-state index contributed by atoms with van der Waals surface area (Å²) in [5.41, 5.74) is 1.94. The van der Waals surface area contributed by atoms with Crippen molar-refractivity contribution in [2.24, 2.45) is 5.41 Å². The first kappa shape index (κ1) is 17.5. The third-order valence-electron chi connectivity index (χ3n) is 6.51. The van der Waals surface area contributed by atoms with Crippen LogP contribution in [-0.2, 0) is 16.0 Å². The van der Waals surface area contributed by atoms with Gasteiger partial charge in [-0.2, -0.15) is 0 Å². The molecule has 2 aliphatic heterocycles. The summed E-state index contributed by atoms with van der Waals surface area (Å²) < 4.78 is 13.2. The van der Waals surface area contributed by atoms with Gasteiger partial charge in [0.05, 0.1) is 6.42 Å². The number of carbonyl (C=O) groups is 2. The van der Waals surface area contributed by atoms with Gasteiger partial charge in [0.1, 0.15) is 5.82 Å². The Labute approximate surface area is 154 Å². The number of rotatable bonds is 3. The number of aryl methyl sites for hydroxylation is 1. The van der Waals surface area contributed by atoms with Gasteiger partial charge in [0.2, 0.25) is 11.8 Å². The van der Waals surface area contributed by atoms with Crippen LogP contribution in [0.2, 0.25) is 0 Å². The summed E-state index contributed by atoms with van der Waals surface area (Å²) in [6, 6.07) is 5.11. The summed E-state index contributed by atoms with van der Waals surface area (Å²) in [6.45, 7) is 4.27. The van der Waals surface area contributed by atoms with Gasteiger partial charge in [-0.3, -0.25) is 9.59 Å². The Bertz CT molecular complexity index is 721. The maximum atomic E-state index is 13.2. The lowest BCUT2D eigenvalue weighted by atomic mass is 9.72. The molecule has 0 bridgehead atoms. The molecule has 2 heterocycles. The highest BCUT2D eigenvalue weighted by Crippen LogP contribution is 2.43. The normalized spacial score (nSPS) is 22.8. The van der Waals surface area contributed by atoms with Crippen LogP contribution in [0.3, 0.4) is 0 Å². The first-order chi connectivity index (χ1) is 12.5. The number of amides is 2. The Morgan fingerprint density at radius 1 is 1.23 bits per heavy atom. The average Bonchev–Trinajstić information content (AvgIpc) is 3.45. The van der Waals surface area contributed by atoms with Gasteiger partial charge < -0.3 is 9.80 Å². The standard InChI is InChI=1S/C21H27FN2O2/c1-15-12-17(22)3-2-16(15)13-20(26)23-10-8-21(9-11-23)7-6-19(25)24(14-21)18-4-5-18/h2-3,12,18H,4-11,13-14H2,1H3. The number of hydrogen-bond donors (Lipinski definition) is 0. The molecule has 0 aromatic heterocycles. The molecule has 1 aromatic carbocycles. The van der Waals surface area contributed by atoms with E-state index in [1.165, 1.54) is 12.1 Å². The summed E-state index contributed by atoms with van der Waals surface area (Å²) >= 11 is 0. The van der Waals surface area contributed by atoms with Crippen molar-refractivity contribution in [1.29, 1.82) is 0 Å². The molecule has 1 spiro atoms. The van der Waals surface area contributed by atoms with Gasteiger partial charge in [0, 0.05) is 32.1 Å². The van der Waals surface area contributed by atoms with Crippen LogP contribution < -0.4 is 0 Å². The van der Waals surface area contributed by atoms with Crippen molar-refractivity contribution in [3.63, 3.8) is 0 Å². The van der Waals surface area contributed by atoms with Crippen LogP contribution in [0.15, 0.2) is 18.2 Å². The molecule has 2 saturated heterocycles. The highest BCUT2D eigenvalue weighted by Gasteiger charge is 2.45. The Morgan fingerprint density at radius 3 is 2.62 bits per heavy atom. The fraction of sp³-hybridized carbons (Fsp3) is 0.619. The number of hydrogen-bond acceptors (Lipinski definition) is 2. The van der Waals surface area contributed by atoms with Crippen molar-refractivity contribution in [3.8, 4) is 0 Å². The third kappa shape index (κ3) is 3.49. The van der Waals surface area contributed by atoms with Gasteiger partial charge in [-0.05, 0) is 67.7 Å². The lowest BCUT2D eigenvalue weighted by molar-refractivity contribution is -0.142. The van der Waals surface area contributed by atoms with Gasteiger partial charge in [-0.25, -0.2) is 4.39 Å². The van der Waals surface area contributed by atoms with E-state index in [9.17, 15) is 14.0 Å². The molecule has 3 aliphatic rings. The van der Waals surface area contributed by atoms with E-state index in [4.69, 9.17) is 0 Å². The average molecular weight is 358 g/mol. The molecule has 2 amide bonds. The van der Waals surface area contributed by atoms with Crippen molar-refractivity contribution in [1.82, 2.24) is 9.80 Å². The molecular formula is C21H27FN2O2. The molecule has 4 nitrogen and oxygen atoms in total. The van der Waals surface area contributed by atoms with Gasteiger partial charge in [-0.15, -0.1) is 0 Å². The molecular weight excluding hydrogens is 331 g/mol.